The van der Waals surface area contributed by atoms with E-state index in [0.717, 1.165) is 31.7 Å². The lowest BCUT2D eigenvalue weighted by Crippen LogP contribution is -2.27. The number of nitrogens with one attached hydrogen (secondary N) is 2. The highest BCUT2D eigenvalue weighted by Crippen LogP contribution is 2.07. The molecule has 3 atom stereocenters. The SMILES string of the molecule is C/C=C(F)\C=N/C(C)N/C=C/C(N)/N=C\C(F)=C(/C)NC(CC)CCC. The summed E-state index contributed by atoms with van der Waals surface area (Å²) in [4.78, 5) is 7.91. The molecule has 0 aliphatic heterocycles. The normalized spacial score (nSPS) is 17.6. The van der Waals surface area contributed by atoms with E-state index >= 15 is 0 Å². The zero-order chi connectivity index (χ0) is 19.9. The Morgan fingerprint density at radius 2 is 1.88 bits per heavy atom. The minimum atomic E-state index is -0.692. The molecule has 5 nitrogen and oxygen atoms in total. The average molecular weight is 370 g/mol. The number of hydrogen-bond acceptors (Lipinski definition) is 5. The third kappa shape index (κ3) is 11.5. The number of hydrogen-bond donors (Lipinski definition) is 3. The van der Waals surface area contributed by atoms with Gasteiger partial charge in [-0.2, -0.15) is 0 Å². The molecule has 3 unspecified atom stereocenters. The maximum absolute atomic E-state index is 14.1. The Kier molecular flexibility index (Phi) is 13.1. The molecule has 148 valence electrons. The smallest absolute Gasteiger partial charge is 0.159 e. The van der Waals surface area contributed by atoms with Crippen LogP contribution in [-0.4, -0.2) is 30.8 Å². The third-order valence-electron chi connectivity index (χ3n) is 3.60. The van der Waals surface area contributed by atoms with E-state index in [0.29, 0.717) is 5.70 Å². The molecule has 26 heavy (non-hydrogen) atoms. The molecule has 0 aliphatic rings. The molecular weight excluding hydrogens is 336 g/mol. The van der Waals surface area contributed by atoms with Crippen molar-refractivity contribution in [2.24, 2.45) is 15.7 Å². The van der Waals surface area contributed by atoms with Crippen molar-refractivity contribution in [2.45, 2.75) is 72.3 Å². The average Bonchev–Trinajstić information content (AvgIpc) is 2.63. The van der Waals surface area contributed by atoms with Crippen molar-refractivity contribution in [3.05, 3.63) is 35.7 Å². The molecule has 0 amide bonds. The maximum atomic E-state index is 14.1. The van der Waals surface area contributed by atoms with Crippen LogP contribution in [0.1, 0.15) is 53.9 Å². The monoisotopic (exact) mass is 369 g/mol. The minimum Gasteiger partial charge on any atom is -0.383 e. The van der Waals surface area contributed by atoms with Gasteiger partial charge in [-0.15, -0.1) is 0 Å². The topological polar surface area (TPSA) is 74.8 Å². The van der Waals surface area contributed by atoms with Crippen LogP contribution < -0.4 is 16.4 Å². The van der Waals surface area contributed by atoms with Gasteiger partial charge in [-0.05, 0) is 45.9 Å². The quantitative estimate of drug-likeness (QED) is 0.453. The molecule has 0 radical (unpaired) electrons. The van der Waals surface area contributed by atoms with E-state index in [2.05, 4.69) is 34.5 Å². The van der Waals surface area contributed by atoms with Gasteiger partial charge in [0.25, 0.3) is 0 Å². The highest BCUT2D eigenvalue weighted by Gasteiger charge is 2.07. The van der Waals surface area contributed by atoms with E-state index < -0.39 is 17.8 Å². The van der Waals surface area contributed by atoms with E-state index in [1.807, 2.05) is 0 Å². The fourth-order valence-corrected chi connectivity index (χ4v) is 1.99. The Balaban J connectivity index is 4.53. The van der Waals surface area contributed by atoms with Gasteiger partial charge in [-0.1, -0.05) is 26.3 Å². The molecular formula is C19H33F2N5. The highest BCUT2D eigenvalue weighted by atomic mass is 19.1. The van der Waals surface area contributed by atoms with E-state index in [-0.39, 0.29) is 12.2 Å². The van der Waals surface area contributed by atoms with Gasteiger partial charge in [-0.25, -0.2) is 8.78 Å². The van der Waals surface area contributed by atoms with Gasteiger partial charge in [0.15, 0.2) is 5.83 Å². The summed E-state index contributed by atoms with van der Waals surface area (Å²) in [6.07, 6.45) is 8.67. The first-order chi connectivity index (χ1) is 12.3. The summed E-state index contributed by atoms with van der Waals surface area (Å²) in [5.41, 5.74) is 6.24. The van der Waals surface area contributed by atoms with E-state index in [1.54, 1.807) is 33.0 Å². The lowest BCUT2D eigenvalue weighted by molar-refractivity contribution is 0.495. The molecule has 7 heteroatoms. The zero-order valence-electron chi connectivity index (χ0n) is 16.5. The van der Waals surface area contributed by atoms with Crippen molar-refractivity contribution in [3.8, 4) is 0 Å². The zero-order valence-corrected chi connectivity index (χ0v) is 16.5. The van der Waals surface area contributed by atoms with E-state index in [9.17, 15) is 8.78 Å². The molecule has 0 aliphatic carbocycles. The predicted octanol–water partition coefficient (Wildman–Crippen LogP) is 4.10. The van der Waals surface area contributed by atoms with Gasteiger partial charge in [-0.3, -0.25) is 9.98 Å². The van der Waals surface area contributed by atoms with Crippen LogP contribution >= 0.6 is 0 Å². The Morgan fingerprint density at radius 1 is 1.19 bits per heavy atom. The summed E-state index contributed by atoms with van der Waals surface area (Å²) >= 11 is 0. The second-order valence-electron chi connectivity index (χ2n) is 5.93. The highest BCUT2D eigenvalue weighted by molar-refractivity contribution is 5.76. The summed E-state index contributed by atoms with van der Waals surface area (Å²) in [6, 6.07) is 0.256. The summed E-state index contributed by atoms with van der Waals surface area (Å²) in [5, 5.41) is 6.07. The third-order valence-corrected chi connectivity index (χ3v) is 3.60. The second-order valence-corrected chi connectivity index (χ2v) is 5.93. The molecule has 0 fully saturated rings. The number of aliphatic imine (C=N–C) groups is 2. The number of nitrogens with zero attached hydrogens (tertiary/aromatic N) is 2. The number of nitrogens with two attached hydrogens (primary N) is 1. The Labute approximate surface area is 156 Å². The Bertz CT molecular complexity index is 538. The lowest BCUT2D eigenvalue weighted by Gasteiger charge is -2.17. The molecule has 0 saturated heterocycles. The maximum Gasteiger partial charge on any atom is 0.159 e. The fourth-order valence-electron chi connectivity index (χ4n) is 1.99. The molecule has 0 bridgehead atoms. The molecule has 0 spiro atoms. The molecule has 4 N–H and O–H groups in total. The van der Waals surface area contributed by atoms with Crippen LogP contribution in [0.5, 0.6) is 0 Å². The van der Waals surface area contributed by atoms with Crippen molar-refractivity contribution >= 4 is 12.4 Å². The van der Waals surface area contributed by atoms with Crippen molar-refractivity contribution in [1.82, 2.24) is 10.6 Å². The fraction of sp³-hybridized carbons (Fsp3) is 0.579. The number of rotatable bonds is 12. The van der Waals surface area contributed by atoms with Gasteiger partial charge in [0, 0.05) is 11.7 Å². The Morgan fingerprint density at radius 3 is 2.46 bits per heavy atom. The summed E-state index contributed by atoms with van der Waals surface area (Å²) in [6.45, 7) is 9.21. The van der Waals surface area contributed by atoms with Gasteiger partial charge >= 0.3 is 0 Å². The summed E-state index contributed by atoms with van der Waals surface area (Å²) in [7, 11) is 0. The summed E-state index contributed by atoms with van der Waals surface area (Å²) in [5.74, 6) is -0.837. The first kappa shape index (κ1) is 24.0. The first-order valence-corrected chi connectivity index (χ1v) is 9.03. The molecule has 0 aromatic heterocycles. The van der Waals surface area contributed by atoms with Crippen molar-refractivity contribution in [3.63, 3.8) is 0 Å². The summed E-state index contributed by atoms with van der Waals surface area (Å²) < 4.78 is 27.0. The van der Waals surface area contributed by atoms with Crippen LogP contribution in [0.2, 0.25) is 0 Å². The largest absolute Gasteiger partial charge is 0.383 e. The van der Waals surface area contributed by atoms with Gasteiger partial charge in [0.05, 0.1) is 12.4 Å². The second kappa shape index (κ2) is 14.2. The molecule has 0 saturated carbocycles. The predicted molar refractivity (Wildman–Crippen MR) is 107 cm³/mol. The first-order valence-electron chi connectivity index (χ1n) is 9.03. The van der Waals surface area contributed by atoms with E-state index in [1.165, 1.54) is 6.08 Å². The van der Waals surface area contributed by atoms with Crippen LogP contribution in [-0.2, 0) is 0 Å². The van der Waals surface area contributed by atoms with Crippen LogP contribution in [0.25, 0.3) is 0 Å². The van der Waals surface area contributed by atoms with Gasteiger partial charge < -0.3 is 16.4 Å². The van der Waals surface area contributed by atoms with Gasteiger partial charge in [0.2, 0.25) is 0 Å². The Hall–Kier alpha value is -2.02. The molecule has 0 aromatic carbocycles. The molecule has 0 aromatic rings. The van der Waals surface area contributed by atoms with Crippen LogP contribution in [0.15, 0.2) is 45.7 Å². The molecule has 0 heterocycles. The van der Waals surface area contributed by atoms with E-state index in [4.69, 9.17) is 5.73 Å². The van der Waals surface area contributed by atoms with Crippen LogP contribution in [0, 0.1) is 0 Å². The molecule has 0 rings (SSSR count). The van der Waals surface area contributed by atoms with Gasteiger partial charge in [0.1, 0.15) is 18.2 Å². The minimum absolute atomic E-state index is 0.256. The van der Waals surface area contributed by atoms with Crippen LogP contribution in [0.4, 0.5) is 8.78 Å². The number of halogens is 2. The van der Waals surface area contributed by atoms with Crippen LogP contribution in [0.3, 0.4) is 0 Å². The lowest BCUT2D eigenvalue weighted by atomic mass is 10.1. The standard InChI is InChI=1S/C19H33F2N5/c1-6-9-17(8-3)26-14(4)18(21)13-25-19(22)10-11-23-15(5)24-12-16(20)7-2/h7,10-13,15,17,19,23,26H,6,8-9,22H2,1-5H3/b11-10+,16-7+,18-14-,24-12-,25-13-. The van der Waals surface area contributed by atoms with Crippen molar-refractivity contribution < 1.29 is 8.78 Å². The van der Waals surface area contributed by atoms with Crippen molar-refractivity contribution in [2.75, 3.05) is 0 Å². The van der Waals surface area contributed by atoms with Crippen molar-refractivity contribution in [1.29, 1.82) is 0 Å². The number of allylic oxidation sites excluding steroid dienone is 4.